The van der Waals surface area contributed by atoms with Crippen molar-refractivity contribution >= 4 is 11.7 Å². The Bertz CT molecular complexity index is 1310. The van der Waals surface area contributed by atoms with E-state index < -0.39 is 5.41 Å². The van der Waals surface area contributed by atoms with Gasteiger partial charge in [-0.3, -0.25) is 9.59 Å². The number of nitrogens with zero attached hydrogens (tertiary/aromatic N) is 2. The number of imidazole rings is 1. The molecule has 1 amide bonds. The summed E-state index contributed by atoms with van der Waals surface area (Å²) in [6.07, 6.45) is 6.71. The quantitative estimate of drug-likeness (QED) is 0.265. The molecule has 37 heavy (non-hydrogen) atoms. The van der Waals surface area contributed by atoms with Crippen LogP contribution < -0.4 is 27.3 Å². The van der Waals surface area contributed by atoms with Gasteiger partial charge < -0.3 is 22.7 Å². The van der Waals surface area contributed by atoms with E-state index in [1.165, 1.54) is 0 Å². The van der Waals surface area contributed by atoms with Gasteiger partial charge in [0.1, 0.15) is 23.9 Å². The lowest BCUT2D eigenvalue weighted by Gasteiger charge is -2.37. The number of rotatable bonds is 8. The Morgan fingerprint density at radius 3 is 1.97 bits per heavy atom. The van der Waals surface area contributed by atoms with Crippen LogP contribution in [0.15, 0.2) is 103 Å². The van der Waals surface area contributed by atoms with E-state index in [1.807, 2.05) is 102 Å². The lowest BCUT2D eigenvalue weighted by molar-refractivity contribution is -0.689. The van der Waals surface area contributed by atoms with Crippen molar-refractivity contribution in [2.24, 2.45) is 11.7 Å². The number of benzene rings is 3. The highest BCUT2D eigenvalue weighted by Crippen LogP contribution is 2.49. The highest BCUT2D eigenvalue weighted by atomic mass is 79.9. The van der Waals surface area contributed by atoms with Crippen molar-refractivity contribution in [2.75, 3.05) is 0 Å². The zero-order valence-corrected chi connectivity index (χ0v) is 22.6. The van der Waals surface area contributed by atoms with E-state index in [9.17, 15) is 9.59 Å². The molecule has 190 valence electrons. The molecule has 0 saturated heterocycles. The fourth-order valence-corrected chi connectivity index (χ4v) is 6.07. The Balaban J connectivity index is 0.00000320. The number of aromatic nitrogens is 2. The molecule has 4 aromatic rings. The average Bonchev–Trinajstić information content (AvgIpc) is 3.53. The Hall–Kier alpha value is -3.51. The first kappa shape index (κ1) is 26.6. The molecule has 6 heteroatoms. The molecular weight excluding hydrogens is 526 g/mol. The number of carbonyl (C=O) groups excluding carboxylic acids is 2. The van der Waals surface area contributed by atoms with Gasteiger partial charge in [0, 0.05) is 12.5 Å². The summed E-state index contributed by atoms with van der Waals surface area (Å²) in [4.78, 5) is 26.1. The van der Waals surface area contributed by atoms with Gasteiger partial charge in [-0.15, -0.1) is 0 Å². The van der Waals surface area contributed by atoms with Gasteiger partial charge in [-0.2, -0.15) is 0 Å². The molecule has 0 spiro atoms. The maximum Gasteiger partial charge on any atom is 0.253 e. The zero-order valence-electron chi connectivity index (χ0n) is 21.0. The van der Waals surface area contributed by atoms with Gasteiger partial charge in [0.05, 0.1) is 0 Å². The number of Topliss-reactive ketones (excluding diaryl/α,β-unsaturated/α-hetero) is 1. The molecule has 5 nitrogen and oxygen atoms in total. The summed E-state index contributed by atoms with van der Waals surface area (Å²) >= 11 is 0. The summed E-state index contributed by atoms with van der Waals surface area (Å²) in [6, 6.07) is 29.6. The normalized spacial score (nSPS) is 17.2. The molecule has 1 aliphatic carbocycles. The van der Waals surface area contributed by atoms with E-state index >= 15 is 0 Å². The van der Waals surface area contributed by atoms with Crippen LogP contribution in [0.3, 0.4) is 0 Å². The number of hydrogen-bond donors (Lipinski definition) is 1. The third-order valence-corrected chi connectivity index (χ3v) is 7.86. The fourth-order valence-electron chi connectivity index (χ4n) is 6.07. The van der Waals surface area contributed by atoms with Crippen LogP contribution in [0.4, 0.5) is 0 Å². The smallest absolute Gasteiger partial charge is 0.253 e. The lowest BCUT2D eigenvalue weighted by atomic mass is 9.64. The van der Waals surface area contributed by atoms with E-state index in [-0.39, 0.29) is 40.6 Å². The molecule has 1 fully saturated rings. The first-order chi connectivity index (χ1) is 17.5. The van der Waals surface area contributed by atoms with Crippen LogP contribution in [0.1, 0.15) is 52.6 Å². The molecule has 2 N–H and O–H groups in total. The molecule has 1 aromatic heterocycles. The molecule has 1 aliphatic rings. The Morgan fingerprint density at radius 1 is 0.892 bits per heavy atom. The Kier molecular flexibility index (Phi) is 8.08. The van der Waals surface area contributed by atoms with E-state index in [0.717, 1.165) is 41.8 Å². The Morgan fingerprint density at radius 2 is 1.43 bits per heavy atom. The van der Waals surface area contributed by atoms with Gasteiger partial charge >= 0.3 is 0 Å². The van der Waals surface area contributed by atoms with Crippen molar-refractivity contribution < 1.29 is 31.1 Å². The van der Waals surface area contributed by atoms with Crippen molar-refractivity contribution in [1.29, 1.82) is 0 Å². The number of amides is 1. The SMILES string of the molecule is Cc1n([C@@H]2CC[C@@H](C(C(N)=O)(c3ccccc3)c3ccccc3)C2)cc[n+]1CC(=O)c1ccccc1.[Br-]. The van der Waals surface area contributed by atoms with Crippen LogP contribution in [0.5, 0.6) is 0 Å². The summed E-state index contributed by atoms with van der Waals surface area (Å²) in [6.45, 7) is 2.36. The second-order valence-corrected chi connectivity index (χ2v) is 9.74. The number of primary amides is 1. The summed E-state index contributed by atoms with van der Waals surface area (Å²) < 4.78 is 4.28. The third-order valence-electron chi connectivity index (χ3n) is 7.86. The second-order valence-electron chi connectivity index (χ2n) is 9.74. The van der Waals surface area contributed by atoms with Crippen molar-refractivity contribution in [2.45, 2.75) is 44.2 Å². The van der Waals surface area contributed by atoms with Crippen LogP contribution in [-0.2, 0) is 16.8 Å². The number of carbonyl (C=O) groups is 2. The van der Waals surface area contributed by atoms with Crippen LogP contribution in [0.25, 0.3) is 0 Å². The van der Waals surface area contributed by atoms with E-state index in [2.05, 4.69) is 17.7 Å². The highest BCUT2D eigenvalue weighted by Gasteiger charge is 2.51. The van der Waals surface area contributed by atoms with Gasteiger partial charge in [-0.1, -0.05) is 91.0 Å². The summed E-state index contributed by atoms with van der Waals surface area (Å²) in [5.74, 6) is 0.880. The molecule has 5 rings (SSSR count). The van der Waals surface area contributed by atoms with Crippen LogP contribution >= 0.6 is 0 Å². The topological polar surface area (TPSA) is 69.0 Å². The standard InChI is InChI=1S/C31H31N3O2.BrH/c1-23-33(22-29(35)24-11-5-2-6-12-24)19-20-34(23)28-18-17-27(21-28)31(30(32)36,25-13-7-3-8-14-25)26-15-9-4-10-16-26;/h2-16,19-20,27-28H,17-18,21-22H2,1H3,(H-,32,36);1H/t27-,28-;/m1./s1. The van der Waals surface area contributed by atoms with Gasteiger partial charge in [-0.25, -0.2) is 9.13 Å². The third kappa shape index (κ3) is 4.90. The average molecular weight is 559 g/mol. The van der Waals surface area contributed by atoms with Crippen molar-refractivity contribution in [3.8, 4) is 0 Å². The molecule has 1 saturated carbocycles. The largest absolute Gasteiger partial charge is 1.00 e. The molecule has 0 bridgehead atoms. The molecule has 2 atom stereocenters. The summed E-state index contributed by atoms with van der Waals surface area (Å²) in [5.41, 5.74) is 7.98. The lowest BCUT2D eigenvalue weighted by Crippen LogP contribution is -3.00. The van der Waals surface area contributed by atoms with Crippen LogP contribution in [0.2, 0.25) is 0 Å². The molecular formula is C31H32BrN3O2. The van der Waals surface area contributed by atoms with Crippen molar-refractivity contribution in [3.63, 3.8) is 0 Å². The van der Waals surface area contributed by atoms with Crippen LogP contribution in [-0.4, -0.2) is 16.3 Å². The van der Waals surface area contributed by atoms with Gasteiger partial charge in [0.2, 0.25) is 11.7 Å². The summed E-state index contributed by atoms with van der Waals surface area (Å²) in [7, 11) is 0. The van der Waals surface area contributed by atoms with Crippen molar-refractivity contribution in [3.05, 3.63) is 126 Å². The first-order valence-corrected chi connectivity index (χ1v) is 12.6. The monoisotopic (exact) mass is 557 g/mol. The number of hydrogen-bond acceptors (Lipinski definition) is 2. The Labute approximate surface area is 228 Å². The van der Waals surface area contributed by atoms with Gasteiger partial charge in [-0.05, 0) is 36.3 Å². The minimum Gasteiger partial charge on any atom is -1.00 e. The molecule has 1 heterocycles. The number of halogens is 1. The van der Waals surface area contributed by atoms with Gasteiger partial charge in [0.15, 0.2) is 6.54 Å². The minimum atomic E-state index is -0.891. The number of ketones is 1. The number of nitrogens with two attached hydrogens (primary N) is 1. The maximum absolute atomic E-state index is 13.4. The first-order valence-electron chi connectivity index (χ1n) is 12.6. The van der Waals surface area contributed by atoms with E-state index in [4.69, 9.17) is 5.73 Å². The fraction of sp³-hybridized carbons (Fsp3) is 0.258. The maximum atomic E-state index is 13.4. The molecule has 0 unspecified atom stereocenters. The van der Waals surface area contributed by atoms with Crippen LogP contribution in [0, 0.1) is 12.8 Å². The van der Waals surface area contributed by atoms with Gasteiger partial charge in [0.25, 0.3) is 5.82 Å². The minimum absolute atomic E-state index is 0. The molecule has 3 aromatic carbocycles. The molecule has 0 aliphatic heterocycles. The highest BCUT2D eigenvalue weighted by molar-refractivity contribution is 5.95. The van der Waals surface area contributed by atoms with Crippen molar-refractivity contribution in [1.82, 2.24) is 4.57 Å². The summed E-state index contributed by atoms with van der Waals surface area (Å²) in [5, 5.41) is 0. The predicted molar refractivity (Wildman–Crippen MR) is 139 cm³/mol. The molecule has 0 radical (unpaired) electrons. The van der Waals surface area contributed by atoms with E-state index in [0.29, 0.717) is 6.54 Å². The predicted octanol–water partition coefficient (Wildman–Crippen LogP) is 1.78. The zero-order chi connectivity index (χ0) is 25.1. The second kappa shape index (κ2) is 11.3. The van der Waals surface area contributed by atoms with E-state index in [1.54, 1.807) is 0 Å².